The van der Waals surface area contributed by atoms with Crippen molar-refractivity contribution in [3.05, 3.63) is 35.5 Å². The smallest absolute Gasteiger partial charge is 0.0486 e. The van der Waals surface area contributed by atoms with Gasteiger partial charge in [0.2, 0.25) is 0 Å². The fraction of sp³-hybridized carbons (Fsp3) is 0.333. The predicted octanol–water partition coefficient (Wildman–Crippen LogP) is 2.37. The topological polar surface area (TPSA) is 41.8 Å². The van der Waals surface area contributed by atoms with Gasteiger partial charge in [0.05, 0.1) is 0 Å². The Morgan fingerprint density at radius 3 is 3.00 bits per heavy atom. The molecule has 1 aromatic heterocycles. The van der Waals surface area contributed by atoms with Crippen molar-refractivity contribution in [2.75, 3.05) is 6.54 Å². The van der Waals surface area contributed by atoms with Crippen molar-refractivity contribution in [3.63, 3.8) is 0 Å². The van der Waals surface area contributed by atoms with Gasteiger partial charge in [-0.25, -0.2) is 0 Å². The zero-order valence-corrected chi connectivity index (χ0v) is 8.51. The van der Waals surface area contributed by atoms with Gasteiger partial charge in [-0.05, 0) is 37.4 Å². The highest BCUT2D eigenvalue weighted by Gasteiger charge is 2.03. The number of aromatic amines is 1. The highest BCUT2D eigenvalue weighted by Crippen LogP contribution is 2.21. The molecule has 0 aliphatic heterocycles. The maximum absolute atomic E-state index is 5.51. The lowest BCUT2D eigenvalue weighted by atomic mass is 10.1. The molecule has 0 spiro atoms. The minimum atomic E-state index is 0.762. The number of hydrogen-bond acceptors (Lipinski definition) is 1. The summed E-state index contributed by atoms with van der Waals surface area (Å²) in [6, 6.07) is 6.41. The maximum atomic E-state index is 5.51. The molecular formula is C12H16N2. The van der Waals surface area contributed by atoms with Gasteiger partial charge >= 0.3 is 0 Å². The van der Waals surface area contributed by atoms with Crippen molar-refractivity contribution in [2.45, 2.75) is 19.8 Å². The van der Waals surface area contributed by atoms with Crippen LogP contribution in [0.1, 0.15) is 17.5 Å². The van der Waals surface area contributed by atoms with Crippen molar-refractivity contribution < 1.29 is 0 Å². The fourth-order valence-corrected chi connectivity index (χ4v) is 1.86. The Morgan fingerprint density at radius 2 is 2.21 bits per heavy atom. The minimum absolute atomic E-state index is 0.762. The molecule has 3 N–H and O–H groups in total. The van der Waals surface area contributed by atoms with Gasteiger partial charge in [0.25, 0.3) is 0 Å². The van der Waals surface area contributed by atoms with Gasteiger partial charge in [0.1, 0.15) is 0 Å². The quantitative estimate of drug-likeness (QED) is 0.763. The molecule has 0 atom stereocenters. The summed E-state index contributed by atoms with van der Waals surface area (Å²) >= 11 is 0. The molecule has 0 fully saturated rings. The first-order valence-electron chi connectivity index (χ1n) is 5.08. The van der Waals surface area contributed by atoms with E-state index in [9.17, 15) is 0 Å². The van der Waals surface area contributed by atoms with Gasteiger partial charge in [-0.1, -0.05) is 18.2 Å². The highest BCUT2D eigenvalue weighted by atomic mass is 14.7. The van der Waals surface area contributed by atoms with Crippen LogP contribution in [0.4, 0.5) is 0 Å². The summed E-state index contributed by atoms with van der Waals surface area (Å²) in [5, 5.41) is 1.35. The van der Waals surface area contributed by atoms with Crippen LogP contribution in [-0.2, 0) is 6.42 Å². The van der Waals surface area contributed by atoms with Crippen LogP contribution in [0, 0.1) is 6.92 Å². The van der Waals surface area contributed by atoms with Gasteiger partial charge in [0, 0.05) is 17.1 Å². The lowest BCUT2D eigenvalue weighted by Crippen LogP contribution is -1.99. The number of aromatic nitrogens is 1. The van der Waals surface area contributed by atoms with Crippen LogP contribution in [0.2, 0.25) is 0 Å². The van der Waals surface area contributed by atoms with Crippen LogP contribution in [0.5, 0.6) is 0 Å². The van der Waals surface area contributed by atoms with E-state index in [-0.39, 0.29) is 0 Å². The van der Waals surface area contributed by atoms with Crippen molar-refractivity contribution in [1.82, 2.24) is 4.98 Å². The molecule has 14 heavy (non-hydrogen) atoms. The van der Waals surface area contributed by atoms with Gasteiger partial charge in [-0.2, -0.15) is 0 Å². The fourth-order valence-electron chi connectivity index (χ4n) is 1.86. The molecule has 0 amide bonds. The second-order valence-electron chi connectivity index (χ2n) is 3.70. The number of para-hydroxylation sites is 1. The monoisotopic (exact) mass is 188 g/mol. The zero-order valence-electron chi connectivity index (χ0n) is 8.51. The molecule has 2 aromatic rings. The van der Waals surface area contributed by atoms with Crippen molar-refractivity contribution in [2.24, 2.45) is 5.73 Å². The number of aryl methyl sites for hydroxylation is 2. The molecule has 0 aliphatic carbocycles. The number of fused-ring (bicyclic) bond motifs is 1. The number of rotatable bonds is 3. The lowest BCUT2D eigenvalue weighted by molar-refractivity contribution is 0.837. The Hall–Kier alpha value is -1.28. The molecule has 0 bridgehead atoms. The zero-order chi connectivity index (χ0) is 9.97. The summed E-state index contributed by atoms with van der Waals surface area (Å²) < 4.78 is 0. The van der Waals surface area contributed by atoms with E-state index in [1.54, 1.807) is 0 Å². The third-order valence-corrected chi connectivity index (χ3v) is 2.66. The van der Waals surface area contributed by atoms with Crippen LogP contribution < -0.4 is 5.73 Å². The number of nitrogens with one attached hydrogen (secondary N) is 1. The van der Waals surface area contributed by atoms with Gasteiger partial charge in [-0.15, -0.1) is 0 Å². The summed E-state index contributed by atoms with van der Waals surface area (Å²) in [4.78, 5) is 3.32. The second-order valence-corrected chi connectivity index (χ2v) is 3.70. The number of benzene rings is 1. The largest absolute Gasteiger partial charge is 0.361 e. The summed E-state index contributed by atoms with van der Waals surface area (Å²) in [5.74, 6) is 0. The molecule has 0 unspecified atom stereocenters. The normalized spacial score (nSPS) is 11.0. The first kappa shape index (κ1) is 9.28. The van der Waals surface area contributed by atoms with Crippen molar-refractivity contribution >= 4 is 10.9 Å². The van der Waals surface area contributed by atoms with Crippen LogP contribution >= 0.6 is 0 Å². The summed E-state index contributed by atoms with van der Waals surface area (Å²) in [7, 11) is 0. The molecule has 0 aliphatic rings. The Balaban J connectivity index is 2.42. The van der Waals surface area contributed by atoms with Crippen molar-refractivity contribution in [1.29, 1.82) is 0 Å². The molecule has 2 rings (SSSR count). The van der Waals surface area contributed by atoms with E-state index < -0.39 is 0 Å². The summed E-state index contributed by atoms with van der Waals surface area (Å²) in [6.07, 6.45) is 4.23. The van der Waals surface area contributed by atoms with Gasteiger partial charge in [0.15, 0.2) is 0 Å². The van der Waals surface area contributed by atoms with E-state index in [1.165, 1.54) is 22.0 Å². The van der Waals surface area contributed by atoms with Crippen LogP contribution in [-0.4, -0.2) is 11.5 Å². The third kappa shape index (κ3) is 1.53. The van der Waals surface area contributed by atoms with E-state index in [0.717, 1.165) is 19.4 Å². The SMILES string of the molecule is Cc1cccc2c(CCCN)c[nH]c12. The molecule has 74 valence electrons. The Morgan fingerprint density at radius 1 is 1.36 bits per heavy atom. The molecule has 2 heteroatoms. The van der Waals surface area contributed by atoms with Crippen LogP contribution in [0.15, 0.2) is 24.4 Å². The maximum Gasteiger partial charge on any atom is 0.0486 e. The average molecular weight is 188 g/mol. The molecule has 2 nitrogen and oxygen atoms in total. The Bertz CT molecular complexity index is 429. The molecule has 1 heterocycles. The first-order valence-corrected chi connectivity index (χ1v) is 5.08. The summed E-state index contributed by atoms with van der Waals surface area (Å²) in [6.45, 7) is 2.89. The van der Waals surface area contributed by atoms with Crippen LogP contribution in [0.3, 0.4) is 0 Å². The highest BCUT2D eigenvalue weighted by molar-refractivity contribution is 5.85. The lowest BCUT2D eigenvalue weighted by Gasteiger charge is -1.98. The van der Waals surface area contributed by atoms with Crippen molar-refractivity contribution in [3.8, 4) is 0 Å². The van der Waals surface area contributed by atoms with Gasteiger partial charge in [-0.3, -0.25) is 0 Å². The van der Waals surface area contributed by atoms with E-state index in [4.69, 9.17) is 5.73 Å². The standard InChI is InChI=1S/C12H16N2/c1-9-4-2-6-11-10(5-3-7-13)8-14-12(9)11/h2,4,6,8,14H,3,5,7,13H2,1H3. The molecule has 0 saturated carbocycles. The van der Waals surface area contributed by atoms with Crippen LogP contribution in [0.25, 0.3) is 10.9 Å². The molecular weight excluding hydrogens is 172 g/mol. The molecule has 0 saturated heterocycles. The minimum Gasteiger partial charge on any atom is -0.361 e. The van der Waals surface area contributed by atoms with E-state index in [1.807, 2.05) is 0 Å². The Labute approximate surface area is 84.1 Å². The van der Waals surface area contributed by atoms with E-state index >= 15 is 0 Å². The molecule has 0 radical (unpaired) electrons. The predicted molar refractivity (Wildman–Crippen MR) is 60.4 cm³/mol. The molecule has 1 aromatic carbocycles. The van der Waals surface area contributed by atoms with E-state index in [0.29, 0.717) is 0 Å². The number of nitrogens with two attached hydrogens (primary N) is 1. The number of H-pyrrole nitrogens is 1. The van der Waals surface area contributed by atoms with E-state index in [2.05, 4.69) is 36.3 Å². The third-order valence-electron chi connectivity index (χ3n) is 2.66. The Kier molecular flexibility index (Phi) is 2.55. The second kappa shape index (κ2) is 3.84. The number of hydrogen-bond donors (Lipinski definition) is 2. The average Bonchev–Trinajstić information content (AvgIpc) is 2.60. The van der Waals surface area contributed by atoms with Gasteiger partial charge < -0.3 is 10.7 Å². The summed E-state index contributed by atoms with van der Waals surface area (Å²) in [5.41, 5.74) is 9.46. The first-order chi connectivity index (χ1) is 6.83.